The number of piperazine rings is 1. The molecule has 3 heterocycles. The first kappa shape index (κ1) is 19.2. The summed E-state index contributed by atoms with van der Waals surface area (Å²) in [6.07, 6.45) is 0. The Morgan fingerprint density at radius 1 is 1.14 bits per heavy atom. The second kappa shape index (κ2) is 8.09. The number of likely N-dealkylation sites (N-methyl/N-ethyl adjacent to an activating group) is 1. The van der Waals surface area contributed by atoms with Gasteiger partial charge >= 0.3 is 0 Å². The number of aryl methyl sites for hydroxylation is 1. The van der Waals surface area contributed by atoms with Crippen LogP contribution in [0.1, 0.15) is 5.56 Å². The number of amides is 2. The topological polar surface area (TPSA) is 56.3 Å². The predicted octanol–water partition coefficient (Wildman–Crippen LogP) is 0.433. The van der Waals surface area contributed by atoms with E-state index in [2.05, 4.69) is 41.0 Å². The van der Waals surface area contributed by atoms with E-state index in [4.69, 9.17) is 4.74 Å². The Labute approximate surface area is 166 Å². The number of rotatable bonds is 3. The minimum Gasteiger partial charge on any atom is -0.378 e. The number of carbonyl (C=O) groups excluding carboxylic acids is 2. The largest absolute Gasteiger partial charge is 0.378 e. The van der Waals surface area contributed by atoms with Gasteiger partial charge in [-0.25, -0.2) is 0 Å². The molecule has 0 saturated carbocycles. The van der Waals surface area contributed by atoms with Gasteiger partial charge in [0.25, 0.3) is 0 Å². The molecule has 1 aromatic carbocycles. The van der Waals surface area contributed by atoms with Gasteiger partial charge in [0.15, 0.2) is 0 Å². The average molecular weight is 386 g/mol. The van der Waals surface area contributed by atoms with Crippen LogP contribution in [0.25, 0.3) is 0 Å². The average Bonchev–Trinajstić information content (AvgIpc) is 2.87. The maximum atomic E-state index is 13.0. The van der Waals surface area contributed by atoms with Gasteiger partial charge in [0.2, 0.25) is 11.8 Å². The van der Waals surface area contributed by atoms with Crippen molar-refractivity contribution >= 4 is 17.5 Å². The molecule has 0 spiro atoms. The highest BCUT2D eigenvalue weighted by atomic mass is 16.5. The number of hydrogen-bond acceptors (Lipinski definition) is 5. The minimum atomic E-state index is -0.236. The van der Waals surface area contributed by atoms with Crippen molar-refractivity contribution in [3.63, 3.8) is 0 Å². The molecule has 2 bridgehead atoms. The zero-order valence-electron chi connectivity index (χ0n) is 16.8. The van der Waals surface area contributed by atoms with Gasteiger partial charge in [0.05, 0.1) is 31.7 Å². The fourth-order valence-corrected chi connectivity index (χ4v) is 4.38. The molecule has 3 aliphatic rings. The zero-order chi connectivity index (χ0) is 19.7. The molecule has 0 unspecified atom stereocenters. The van der Waals surface area contributed by atoms with Crippen LogP contribution in [0.3, 0.4) is 0 Å². The first-order chi connectivity index (χ1) is 13.5. The summed E-state index contributed by atoms with van der Waals surface area (Å²) in [4.78, 5) is 33.7. The lowest BCUT2D eigenvalue weighted by atomic mass is 10.1. The maximum absolute atomic E-state index is 13.0. The number of hydrogen-bond donors (Lipinski definition) is 0. The molecule has 3 fully saturated rings. The first-order valence-corrected chi connectivity index (χ1v) is 10.2. The number of nitrogens with zero attached hydrogens (tertiary/aromatic N) is 4. The van der Waals surface area contributed by atoms with Crippen molar-refractivity contribution in [2.75, 3.05) is 71.0 Å². The van der Waals surface area contributed by atoms with E-state index in [9.17, 15) is 9.59 Å². The van der Waals surface area contributed by atoms with Crippen LogP contribution in [0, 0.1) is 12.8 Å². The molecule has 0 N–H and O–H groups in total. The van der Waals surface area contributed by atoms with Crippen molar-refractivity contribution in [2.24, 2.45) is 5.92 Å². The quantitative estimate of drug-likeness (QED) is 0.754. The molecule has 0 aliphatic carbocycles. The highest BCUT2D eigenvalue weighted by Gasteiger charge is 2.39. The first-order valence-electron chi connectivity index (χ1n) is 10.2. The SMILES string of the molecule is Cc1cccc(N2CCN(CC(=O)N3C[C@@H]4COC[C@H](C3)N(C)C4=O)CC2)c1. The summed E-state index contributed by atoms with van der Waals surface area (Å²) in [7, 11) is 1.83. The van der Waals surface area contributed by atoms with E-state index in [-0.39, 0.29) is 23.8 Å². The smallest absolute Gasteiger partial charge is 0.236 e. The second-order valence-electron chi connectivity index (χ2n) is 8.24. The van der Waals surface area contributed by atoms with E-state index in [0.717, 1.165) is 26.2 Å². The molecule has 7 nitrogen and oxygen atoms in total. The second-order valence-corrected chi connectivity index (χ2v) is 8.24. The molecule has 28 heavy (non-hydrogen) atoms. The standard InChI is InChI=1S/C21H30N4O3/c1-16-4-3-5-18(10-16)24-8-6-23(7-9-24)13-20(26)25-11-17-14-28-15-19(12-25)22(2)21(17)27/h3-5,10,17,19H,6-9,11-15H2,1-2H3/t17-,19+/m1/s1. The van der Waals surface area contributed by atoms with Crippen LogP contribution < -0.4 is 4.90 Å². The normalized spacial score (nSPS) is 26.4. The molecule has 1 aromatic rings. The van der Waals surface area contributed by atoms with Crippen molar-refractivity contribution in [1.29, 1.82) is 0 Å². The Morgan fingerprint density at radius 2 is 1.93 bits per heavy atom. The Balaban J connectivity index is 1.33. The van der Waals surface area contributed by atoms with Crippen molar-refractivity contribution in [3.05, 3.63) is 29.8 Å². The van der Waals surface area contributed by atoms with Gasteiger partial charge in [0.1, 0.15) is 0 Å². The third-order valence-corrected chi connectivity index (χ3v) is 6.20. The zero-order valence-corrected chi connectivity index (χ0v) is 16.8. The molecule has 3 saturated heterocycles. The van der Waals surface area contributed by atoms with Crippen molar-refractivity contribution in [2.45, 2.75) is 13.0 Å². The van der Waals surface area contributed by atoms with Crippen molar-refractivity contribution in [3.8, 4) is 0 Å². The molecule has 0 radical (unpaired) electrons. The molecule has 7 heteroatoms. The van der Waals surface area contributed by atoms with Gasteiger partial charge < -0.3 is 19.4 Å². The number of fused-ring (bicyclic) bond motifs is 3. The van der Waals surface area contributed by atoms with E-state index >= 15 is 0 Å². The van der Waals surface area contributed by atoms with E-state index in [1.165, 1.54) is 11.3 Å². The molecule has 2 atom stereocenters. The number of carbonyl (C=O) groups is 2. The Hall–Kier alpha value is -2.12. The summed E-state index contributed by atoms with van der Waals surface area (Å²) in [6, 6.07) is 8.54. The van der Waals surface area contributed by atoms with Crippen LogP contribution in [0.2, 0.25) is 0 Å². The summed E-state index contributed by atoms with van der Waals surface area (Å²) >= 11 is 0. The lowest BCUT2D eigenvalue weighted by molar-refractivity contribution is -0.135. The number of benzene rings is 1. The van der Waals surface area contributed by atoms with Gasteiger partial charge in [0, 0.05) is 52.0 Å². The van der Waals surface area contributed by atoms with Crippen LogP contribution in [0.15, 0.2) is 24.3 Å². The summed E-state index contributed by atoms with van der Waals surface area (Å²) in [5, 5.41) is 0. The van der Waals surface area contributed by atoms with Gasteiger partial charge in [-0.2, -0.15) is 0 Å². The molecular weight excluding hydrogens is 356 g/mol. The Kier molecular flexibility index (Phi) is 5.55. The Morgan fingerprint density at radius 3 is 2.68 bits per heavy atom. The third-order valence-electron chi connectivity index (χ3n) is 6.20. The molecular formula is C21H30N4O3. The van der Waals surface area contributed by atoms with E-state index < -0.39 is 0 Å². The lowest BCUT2D eigenvalue weighted by Gasteiger charge is -2.37. The lowest BCUT2D eigenvalue weighted by Crippen LogP contribution is -2.52. The summed E-state index contributed by atoms with van der Waals surface area (Å²) < 4.78 is 5.63. The third kappa shape index (κ3) is 4.00. The molecule has 3 aliphatic heterocycles. The Bertz CT molecular complexity index is 732. The highest BCUT2D eigenvalue weighted by Crippen LogP contribution is 2.21. The van der Waals surface area contributed by atoms with Gasteiger partial charge in [-0.15, -0.1) is 0 Å². The molecule has 4 rings (SSSR count). The van der Waals surface area contributed by atoms with Crippen LogP contribution in [0.5, 0.6) is 0 Å². The van der Waals surface area contributed by atoms with Gasteiger partial charge in [-0.1, -0.05) is 12.1 Å². The molecule has 0 aromatic heterocycles. The molecule has 2 amide bonds. The summed E-state index contributed by atoms with van der Waals surface area (Å²) in [5.74, 6) is -0.00630. The minimum absolute atomic E-state index is 0.0397. The van der Waals surface area contributed by atoms with Crippen LogP contribution >= 0.6 is 0 Å². The fraction of sp³-hybridized carbons (Fsp3) is 0.619. The van der Waals surface area contributed by atoms with Crippen LogP contribution in [-0.2, 0) is 14.3 Å². The predicted molar refractivity (Wildman–Crippen MR) is 107 cm³/mol. The summed E-state index contributed by atoms with van der Waals surface area (Å²) in [6.45, 7) is 8.12. The van der Waals surface area contributed by atoms with E-state index in [0.29, 0.717) is 32.8 Å². The number of anilines is 1. The fourth-order valence-electron chi connectivity index (χ4n) is 4.38. The monoisotopic (exact) mass is 386 g/mol. The van der Waals surface area contributed by atoms with Crippen LogP contribution in [0.4, 0.5) is 5.69 Å². The summed E-state index contributed by atoms with van der Waals surface area (Å²) in [5.41, 5.74) is 2.53. The van der Waals surface area contributed by atoms with Gasteiger partial charge in [-0.05, 0) is 24.6 Å². The van der Waals surface area contributed by atoms with E-state index in [1.54, 1.807) is 4.90 Å². The number of ether oxygens (including phenoxy) is 1. The highest BCUT2D eigenvalue weighted by molar-refractivity contribution is 5.83. The van der Waals surface area contributed by atoms with E-state index in [1.807, 2.05) is 11.9 Å². The van der Waals surface area contributed by atoms with Crippen LogP contribution in [-0.4, -0.2) is 98.6 Å². The molecule has 152 valence electrons. The van der Waals surface area contributed by atoms with Gasteiger partial charge in [-0.3, -0.25) is 14.5 Å². The van der Waals surface area contributed by atoms with Crippen molar-refractivity contribution in [1.82, 2.24) is 14.7 Å². The maximum Gasteiger partial charge on any atom is 0.236 e. The van der Waals surface area contributed by atoms with Crippen molar-refractivity contribution < 1.29 is 14.3 Å².